The average Bonchev–Trinajstić information content (AvgIpc) is 2.60. The maximum absolute atomic E-state index is 13.6. The van der Waals surface area contributed by atoms with Crippen molar-refractivity contribution in [3.8, 4) is 0 Å². The van der Waals surface area contributed by atoms with Crippen LogP contribution < -0.4 is 10.6 Å². The van der Waals surface area contributed by atoms with Crippen LogP contribution in [-0.2, 0) is 28.6 Å². The van der Waals surface area contributed by atoms with Gasteiger partial charge in [0, 0.05) is 19.3 Å². The largest absolute Gasteiger partial charge is 0.357 e. The summed E-state index contributed by atoms with van der Waals surface area (Å²) in [4.78, 5) is 4.50. The molecule has 2 N–H and O–H groups in total. The number of aliphatic imine (C=N–C) groups is 1. The first-order chi connectivity index (χ1) is 13.3. The van der Waals surface area contributed by atoms with E-state index in [0.29, 0.717) is 30.2 Å². The van der Waals surface area contributed by atoms with E-state index in [0.717, 1.165) is 6.42 Å². The smallest absolute Gasteiger partial charge is 0.191 e. The molecule has 0 aliphatic carbocycles. The van der Waals surface area contributed by atoms with E-state index >= 15 is 0 Å². The molecule has 0 unspecified atom stereocenters. The zero-order valence-electron chi connectivity index (χ0n) is 16.6. The van der Waals surface area contributed by atoms with Gasteiger partial charge < -0.3 is 10.6 Å². The number of sulfone groups is 1. The summed E-state index contributed by atoms with van der Waals surface area (Å²) in [5.41, 5.74) is 3.61. The van der Waals surface area contributed by atoms with Crippen molar-refractivity contribution >= 4 is 15.8 Å². The number of rotatable bonds is 8. The van der Waals surface area contributed by atoms with Gasteiger partial charge in [-0.1, -0.05) is 35.9 Å². The molecule has 0 aliphatic heterocycles. The molecule has 0 saturated heterocycles. The highest BCUT2D eigenvalue weighted by Crippen LogP contribution is 2.15. The van der Waals surface area contributed by atoms with Crippen molar-refractivity contribution in [2.75, 3.05) is 19.3 Å². The zero-order chi connectivity index (χ0) is 20.6. The second kappa shape index (κ2) is 10.2. The first-order valence-corrected chi connectivity index (χ1v) is 11.4. The first kappa shape index (κ1) is 21.9. The van der Waals surface area contributed by atoms with Crippen LogP contribution in [0.4, 0.5) is 4.39 Å². The summed E-state index contributed by atoms with van der Waals surface area (Å²) in [6.07, 6.45) is 2.02. The fourth-order valence-corrected chi connectivity index (χ4v) is 3.71. The Kier molecular flexibility index (Phi) is 7.99. The highest BCUT2D eigenvalue weighted by Gasteiger charge is 2.10. The molecule has 5 nitrogen and oxygen atoms in total. The number of benzene rings is 2. The van der Waals surface area contributed by atoms with Gasteiger partial charge in [0.25, 0.3) is 0 Å². The number of halogens is 1. The molecule has 28 heavy (non-hydrogen) atoms. The summed E-state index contributed by atoms with van der Waals surface area (Å²) in [7, 11) is -3.21. The molecule has 0 aliphatic rings. The molecule has 0 fully saturated rings. The third-order valence-electron chi connectivity index (χ3n) is 4.13. The van der Waals surface area contributed by atoms with Gasteiger partial charge >= 0.3 is 0 Å². The fourth-order valence-electron chi connectivity index (χ4n) is 2.86. The van der Waals surface area contributed by atoms with E-state index in [-0.39, 0.29) is 12.3 Å². The highest BCUT2D eigenvalue weighted by molar-refractivity contribution is 7.89. The molecule has 0 saturated carbocycles. The van der Waals surface area contributed by atoms with Crippen molar-refractivity contribution in [1.82, 2.24) is 10.6 Å². The molecule has 7 heteroatoms. The first-order valence-electron chi connectivity index (χ1n) is 9.29. The van der Waals surface area contributed by atoms with Crippen LogP contribution in [0.1, 0.15) is 29.2 Å². The Balaban J connectivity index is 2.06. The lowest BCUT2D eigenvalue weighted by molar-refractivity contribution is 0.600. The Labute approximate surface area is 167 Å². The molecule has 0 bridgehead atoms. The minimum atomic E-state index is -3.21. The van der Waals surface area contributed by atoms with E-state index in [1.165, 1.54) is 35.6 Å². The van der Waals surface area contributed by atoms with E-state index < -0.39 is 15.7 Å². The Morgan fingerprint density at radius 3 is 2.57 bits per heavy atom. The monoisotopic (exact) mass is 405 g/mol. The van der Waals surface area contributed by atoms with Crippen LogP contribution in [0.25, 0.3) is 0 Å². The Morgan fingerprint density at radius 2 is 1.89 bits per heavy atom. The molecule has 0 amide bonds. The zero-order valence-corrected chi connectivity index (χ0v) is 17.4. The number of guanidine groups is 1. The topological polar surface area (TPSA) is 70.6 Å². The van der Waals surface area contributed by atoms with E-state index in [1.54, 1.807) is 0 Å². The van der Waals surface area contributed by atoms with Gasteiger partial charge in [0.15, 0.2) is 15.8 Å². The molecule has 2 rings (SSSR count). The van der Waals surface area contributed by atoms with E-state index in [1.807, 2.05) is 13.0 Å². The average molecular weight is 406 g/mol. The van der Waals surface area contributed by atoms with Crippen LogP contribution >= 0.6 is 0 Å². The Morgan fingerprint density at radius 1 is 1.11 bits per heavy atom. The minimum Gasteiger partial charge on any atom is -0.357 e. The number of hydrogen-bond acceptors (Lipinski definition) is 3. The van der Waals surface area contributed by atoms with Crippen molar-refractivity contribution in [1.29, 1.82) is 0 Å². The van der Waals surface area contributed by atoms with Gasteiger partial charge in [0.05, 0.1) is 12.3 Å². The minimum absolute atomic E-state index is 0.130. The molecule has 2 aromatic rings. The van der Waals surface area contributed by atoms with E-state index in [4.69, 9.17) is 0 Å². The molecular formula is C21H28FN3O2S. The van der Waals surface area contributed by atoms with Crippen molar-refractivity contribution in [3.05, 3.63) is 70.5 Å². The summed E-state index contributed by atoms with van der Waals surface area (Å²) in [5.74, 6) is 0.0831. The molecule has 0 radical (unpaired) electrons. The van der Waals surface area contributed by atoms with Crippen LogP contribution in [0.15, 0.2) is 47.5 Å². The van der Waals surface area contributed by atoms with Gasteiger partial charge in [-0.3, -0.25) is 0 Å². The quantitative estimate of drug-likeness (QED) is 0.523. The summed E-state index contributed by atoms with van der Waals surface area (Å²) < 4.78 is 36.9. The maximum Gasteiger partial charge on any atom is 0.191 e. The molecule has 0 heterocycles. The predicted molar refractivity (Wildman–Crippen MR) is 113 cm³/mol. The van der Waals surface area contributed by atoms with Gasteiger partial charge in [-0.05, 0) is 49.1 Å². The van der Waals surface area contributed by atoms with Crippen LogP contribution in [-0.4, -0.2) is 33.7 Å². The van der Waals surface area contributed by atoms with Crippen LogP contribution in [0.2, 0.25) is 0 Å². The fraction of sp³-hybridized carbons (Fsp3) is 0.381. The molecule has 2 aromatic carbocycles. The molecule has 0 aromatic heterocycles. The summed E-state index contributed by atoms with van der Waals surface area (Å²) in [6.45, 7) is 5.62. The Hall–Kier alpha value is -2.41. The molecular weight excluding hydrogens is 377 g/mol. The summed E-state index contributed by atoms with van der Waals surface area (Å²) in [5, 5.41) is 6.43. The van der Waals surface area contributed by atoms with Crippen molar-refractivity contribution in [3.63, 3.8) is 0 Å². The van der Waals surface area contributed by atoms with Crippen LogP contribution in [0.5, 0.6) is 0 Å². The molecule has 0 atom stereocenters. The van der Waals surface area contributed by atoms with Crippen molar-refractivity contribution in [2.24, 2.45) is 4.99 Å². The third kappa shape index (κ3) is 7.68. The van der Waals surface area contributed by atoms with Gasteiger partial charge in [-0.15, -0.1) is 0 Å². The SMILES string of the molecule is CCNC(=NCc1cc(F)ccc1CS(C)(=O)=O)NCCc1cccc(C)c1. The van der Waals surface area contributed by atoms with Gasteiger partial charge in [0.1, 0.15) is 5.82 Å². The lowest BCUT2D eigenvalue weighted by Gasteiger charge is -2.13. The lowest BCUT2D eigenvalue weighted by Crippen LogP contribution is -2.38. The van der Waals surface area contributed by atoms with E-state index in [2.05, 4.69) is 40.7 Å². The highest BCUT2D eigenvalue weighted by atomic mass is 32.2. The molecule has 152 valence electrons. The van der Waals surface area contributed by atoms with Gasteiger partial charge in [0.2, 0.25) is 0 Å². The van der Waals surface area contributed by atoms with Gasteiger partial charge in [-0.2, -0.15) is 0 Å². The Bertz CT molecular complexity index is 927. The predicted octanol–water partition coefficient (Wildman–Crippen LogP) is 2.98. The normalized spacial score (nSPS) is 12.1. The van der Waals surface area contributed by atoms with Crippen molar-refractivity contribution < 1.29 is 12.8 Å². The standard InChI is InChI=1S/C21H28FN3O2S/c1-4-23-21(24-11-10-17-7-5-6-16(2)12-17)25-14-19-13-20(22)9-8-18(19)15-28(3,26)27/h5-9,12-13H,4,10-11,14-15H2,1-3H3,(H2,23,24,25). The summed E-state index contributed by atoms with van der Waals surface area (Å²) in [6, 6.07) is 12.5. The molecule has 0 spiro atoms. The third-order valence-corrected chi connectivity index (χ3v) is 4.96. The second-order valence-corrected chi connectivity index (χ2v) is 8.98. The van der Waals surface area contributed by atoms with Gasteiger partial charge in [-0.25, -0.2) is 17.8 Å². The number of nitrogens with one attached hydrogen (secondary N) is 2. The maximum atomic E-state index is 13.6. The lowest BCUT2D eigenvalue weighted by atomic mass is 10.1. The second-order valence-electron chi connectivity index (χ2n) is 6.84. The number of hydrogen-bond donors (Lipinski definition) is 2. The van der Waals surface area contributed by atoms with E-state index in [9.17, 15) is 12.8 Å². The van der Waals surface area contributed by atoms with Crippen molar-refractivity contribution in [2.45, 2.75) is 32.6 Å². The van der Waals surface area contributed by atoms with Crippen LogP contribution in [0, 0.1) is 12.7 Å². The van der Waals surface area contributed by atoms with Crippen LogP contribution in [0.3, 0.4) is 0 Å². The number of nitrogens with zero attached hydrogens (tertiary/aromatic N) is 1. The summed E-state index contributed by atoms with van der Waals surface area (Å²) >= 11 is 0. The number of aryl methyl sites for hydroxylation is 1.